The average molecular weight is 544 g/mol. The van der Waals surface area contributed by atoms with Crippen molar-refractivity contribution in [1.82, 2.24) is 25.4 Å². The van der Waals surface area contributed by atoms with Crippen molar-refractivity contribution in [2.45, 2.75) is 31.7 Å². The van der Waals surface area contributed by atoms with Crippen LogP contribution in [0.4, 0.5) is 9.93 Å². The fourth-order valence-electron chi connectivity index (χ4n) is 4.23. The summed E-state index contributed by atoms with van der Waals surface area (Å²) < 4.78 is 5.43. The summed E-state index contributed by atoms with van der Waals surface area (Å²) in [5, 5.41) is 26.6. The van der Waals surface area contributed by atoms with Crippen molar-refractivity contribution >= 4 is 53.3 Å². The van der Waals surface area contributed by atoms with Crippen molar-refractivity contribution in [3.8, 4) is 5.75 Å². The van der Waals surface area contributed by atoms with Crippen LogP contribution in [0.15, 0.2) is 23.6 Å². The summed E-state index contributed by atoms with van der Waals surface area (Å²) in [7, 11) is -1.60. The zero-order valence-electron chi connectivity index (χ0n) is 20.5. The van der Waals surface area contributed by atoms with Gasteiger partial charge in [-0.25, -0.2) is 14.6 Å². The fourth-order valence-corrected chi connectivity index (χ4v) is 4.91. The molecule has 4 rings (SSSR count). The van der Waals surface area contributed by atoms with Crippen molar-refractivity contribution < 1.29 is 38.8 Å². The number of nitrogen functional groups attached to an aromatic ring is 1. The zero-order chi connectivity index (χ0) is 27.8. The maximum Gasteiger partial charge on any atom is 0.547 e. The number of nitrogens with two attached hydrogens (primary N) is 1. The number of thiazole rings is 1. The van der Waals surface area contributed by atoms with E-state index in [9.17, 15) is 34.1 Å². The number of benzene rings is 1. The third kappa shape index (κ3) is 4.87. The summed E-state index contributed by atoms with van der Waals surface area (Å²) in [6.07, 6.45) is 0.0263. The molecule has 3 heterocycles. The Morgan fingerprint density at radius 2 is 2.03 bits per heavy atom. The SMILES string of the molecule is CCN1CCN(C(=O)NC(C)(C(=O)NC2Cc3cccc(C(=O)O)c3OB2O)c2csc(N)n2)C(=O)C1=O. The lowest BCUT2D eigenvalue weighted by molar-refractivity contribution is -0.153. The van der Waals surface area contributed by atoms with Gasteiger partial charge < -0.3 is 36.1 Å². The minimum Gasteiger partial charge on any atom is -0.534 e. The predicted molar refractivity (Wildman–Crippen MR) is 134 cm³/mol. The lowest BCUT2D eigenvalue weighted by atomic mass is 9.72. The number of aromatic nitrogens is 1. The van der Waals surface area contributed by atoms with Crippen LogP contribution in [0.2, 0.25) is 0 Å². The number of carboxylic acid groups (broad SMARTS) is 1. The number of amides is 5. The molecule has 200 valence electrons. The van der Waals surface area contributed by atoms with E-state index < -0.39 is 48.3 Å². The molecule has 16 heteroatoms. The highest BCUT2D eigenvalue weighted by Crippen LogP contribution is 2.31. The van der Waals surface area contributed by atoms with Crippen LogP contribution >= 0.6 is 11.3 Å². The molecular weight excluding hydrogens is 519 g/mol. The molecule has 0 spiro atoms. The first-order valence-corrected chi connectivity index (χ1v) is 12.5. The molecule has 0 aliphatic carbocycles. The van der Waals surface area contributed by atoms with Gasteiger partial charge in [0.25, 0.3) is 5.91 Å². The summed E-state index contributed by atoms with van der Waals surface area (Å²) in [6, 6.07) is 3.47. The summed E-state index contributed by atoms with van der Waals surface area (Å²) in [5.74, 6) is -4.94. The summed E-state index contributed by atoms with van der Waals surface area (Å²) in [5.41, 5.74) is 4.26. The molecule has 2 aromatic rings. The molecular formula is C22H25BN6O8S. The van der Waals surface area contributed by atoms with Gasteiger partial charge in [-0.1, -0.05) is 12.1 Å². The Morgan fingerprint density at radius 3 is 2.66 bits per heavy atom. The monoisotopic (exact) mass is 544 g/mol. The van der Waals surface area contributed by atoms with Gasteiger partial charge in [-0.2, -0.15) is 0 Å². The summed E-state index contributed by atoms with van der Waals surface area (Å²) in [4.78, 5) is 69.2. The van der Waals surface area contributed by atoms with Gasteiger partial charge >= 0.3 is 30.9 Å². The number of imide groups is 1. The fraction of sp³-hybridized carbons (Fsp3) is 0.364. The van der Waals surface area contributed by atoms with E-state index in [0.29, 0.717) is 12.1 Å². The third-order valence-corrected chi connectivity index (χ3v) is 7.12. The van der Waals surface area contributed by atoms with Crippen LogP contribution in [0, 0.1) is 0 Å². The number of likely N-dealkylation sites (N-methyl/N-ethyl adjacent to an activating group) is 1. The molecule has 2 atom stereocenters. The number of carbonyl (C=O) groups excluding carboxylic acids is 4. The van der Waals surface area contributed by atoms with Crippen LogP contribution in [-0.4, -0.2) is 87.3 Å². The van der Waals surface area contributed by atoms with Gasteiger partial charge in [0, 0.05) is 25.0 Å². The molecule has 0 bridgehead atoms. The number of anilines is 1. The molecule has 6 N–H and O–H groups in total. The second-order valence-corrected chi connectivity index (χ2v) is 9.75. The number of fused-ring (bicyclic) bond motifs is 1. The number of rotatable bonds is 6. The molecule has 5 amide bonds. The van der Waals surface area contributed by atoms with Crippen LogP contribution in [0.3, 0.4) is 0 Å². The quantitative estimate of drug-likeness (QED) is 0.226. The number of aromatic carboxylic acids is 1. The Kier molecular flexibility index (Phi) is 7.28. The Morgan fingerprint density at radius 1 is 1.29 bits per heavy atom. The number of para-hydroxylation sites is 1. The van der Waals surface area contributed by atoms with Gasteiger partial charge in [-0.05, 0) is 31.9 Å². The van der Waals surface area contributed by atoms with E-state index in [4.69, 9.17) is 10.4 Å². The molecule has 14 nitrogen and oxygen atoms in total. The molecule has 2 aliphatic heterocycles. The first-order valence-electron chi connectivity index (χ1n) is 11.6. The van der Waals surface area contributed by atoms with Crippen molar-refractivity contribution in [3.05, 3.63) is 40.4 Å². The van der Waals surface area contributed by atoms with Crippen LogP contribution in [-0.2, 0) is 26.3 Å². The normalized spacial score (nSPS) is 18.8. The Bertz CT molecular complexity index is 1320. The van der Waals surface area contributed by atoms with E-state index in [-0.39, 0.29) is 41.6 Å². The predicted octanol–water partition coefficient (Wildman–Crippen LogP) is -0.821. The van der Waals surface area contributed by atoms with Crippen LogP contribution < -0.4 is 21.0 Å². The number of nitrogens with one attached hydrogen (secondary N) is 2. The maximum absolute atomic E-state index is 13.6. The van der Waals surface area contributed by atoms with E-state index in [1.165, 1.54) is 29.3 Å². The van der Waals surface area contributed by atoms with Crippen molar-refractivity contribution in [1.29, 1.82) is 0 Å². The number of nitrogens with zero attached hydrogens (tertiary/aromatic N) is 3. The highest BCUT2D eigenvalue weighted by atomic mass is 32.1. The van der Waals surface area contributed by atoms with Gasteiger partial charge in [0.05, 0.1) is 17.2 Å². The Balaban J connectivity index is 1.58. The van der Waals surface area contributed by atoms with Crippen LogP contribution in [0.5, 0.6) is 5.75 Å². The highest BCUT2D eigenvalue weighted by molar-refractivity contribution is 7.13. The number of piperazine rings is 1. The topological polar surface area (TPSA) is 204 Å². The number of hydrogen-bond donors (Lipinski definition) is 5. The highest BCUT2D eigenvalue weighted by Gasteiger charge is 2.46. The lowest BCUT2D eigenvalue weighted by Crippen LogP contribution is -2.64. The largest absolute Gasteiger partial charge is 0.547 e. The number of carboxylic acids is 1. The van der Waals surface area contributed by atoms with Crippen LogP contribution in [0.1, 0.15) is 35.5 Å². The smallest absolute Gasteiger partial charge is 0.534 e. The molecule has 1 aromatic heterocycles. The second kappa shape index (κ2) is 10.3. The first-order chi connectivity index (χ1) is 18.0. The number of urea groups is 1. The van der Waals surface area contributed by atoms with Crippen molar-refractivity contribution in [2.75, 3.05) is 25.4 Å². The second-order valence-electron chi connectivity index (χ2n) is 8.86. The molecule has 1 aromatic carbocycles. The molecule has 2 unspecified atom stereocenters. The molecule has 38 heavy (non-hydrogen) atoms. The average Bonchev–Trinajstić information content (AvgIpc) is 3.32. The lowest BCUT2D eigenvalue weighted by Gasteiger charge is -2.36. The third-order valence-electron chi connectivity index (χ3n) is 6.45. The van der Waals surface area contributed by atoms with E-state index >= 15 is 0 Å². The van der Waals surface area contributed by atoms with Gasteiger partial charge in [0.1, 0.15) is 5.75 Å². The van der Waals surface area contributed by atoms with E-state index in [1.807, 2.05) is 0 Å². The minimum absolute atomic E-state index is 0.00394. The van der Waals surface area contributed by atoms with Gasteiger partial charge in [-0.3, -0.25) is 19.3 Å². The molecule has 1 saturated heterocycles. The van der Waals surface area contributed by atoms with Gasteiger partial charge in [0.15, 0.2) is 10.7 Å². The number of hydrogen-bond acceptors (Lipinski definition) is 10. The van der Waals surface area contributed by atoms with Gasteiger partial charge in [-0.15, -0.1) is 11.3 Å². The van der Waals surface area contributed by atoms with Crippen LogP contribution in [0.25, 0.3) is 0 Å². The number of carbonyl (C=O) groups is 5. The maximum atomic E-state index is 13.6. The Labute approximate surface area is 220 Å². The molecule has 2 aliphatic rings. The minimum atomic E-state index is -1.88. The standard InChI is InChI=1S/C22H25BN6O8S/c1-3-28-7-8-29(17(31)16(28)30)21(35)27-22(2,13-10-38-20(24)25-13)19(34)26-14-9-11-5-4-6-12(18(32)33)15(11)37-23(14)36/h4-6,10,14,36H,3,7-9H2,1-2H3,(H2,24,25)(H,26,34)(H,27,35)(H,32,33). The molecule has 1 fully saturated rings. The van der Waals surface area contributed by atoms with Gasteiger partial charge in [0.2, 0.25) is 0 Å². The first kappa shape index (κ1) is 26.9. The van der Waals surface area contributed by atoms with E-state index in [1.54, 1.807) is 13.0 Å². The summed E-state index contributed by atoms with van der Waals surface area (Å²) in [6.45, 7) is 3.43. The van der Waals surface area contributed by atoms with Crippen molar-refractivity contribution in [3.63, 3.8) is 0 Å². The van der Waals surface area contributed by atoms with E-state index in [2.05, 4.69) is 15.6 Å². The Hall–Kier alpha value is -4.18. The molecule has 0 radical (unpaired) electrons. The molecule has 0 saturated carbocycles. The van der Waals surface area contributed by atoms with Crippen molar-refractivity contribution in [2.24, 2.45) is 0 Å². The van der Waals surface area contributed by atoms with E-state index in [0.717, 1.165) is 16.2 Å². The zero-order valence-corrected chi connectivity index (χ0v) is 21.3. The summed E-state index contributed by atoms with van der Waals surface area (Å²) >= 11 is 1.02.